The fourth-order valence-corrected chi connectivity index (χ4v) is 4.86. The molecule has 1 aliphatic rings. The van der Waals surface area contributed by atoms with E-state index in [1.54, 1.807) is 11.8 Å². The number of carbonyl (C=O) groups excluding carboxylic acids is 1. The van der Waals surface area contributed by atoms with Gasteiger partial charge in [-0.3, -0.25) is 4.79 Å². The van der Waals surface area contributed by atoms with Gasteiger partial charge in [-0.05, 0) is 38.0 Å². The van der Waals surface area contributed by atoms with Gasteiger partial charge in [-0.15, -0.1) is 11.8 Å². The number of thioether (sulfide) groups is 1. The summed E-state index contributed by atoms with van der Waals surface area (Å²) >= 11 is 3.26. The maximum atomic E-state index is 12.3. The van der Waals surface area contributed by atoms with E-state index >= 15 is 0 Å². The predicted molar refractivity (Wildman–Crippen MR) is 92.0 cm³/mol. The smallest absolute Gasteiger partial charge is 0.238 e. The number of hydrogen-bond acceptors (Lipinski definition) is 5. The molecule has 2 aromatic rings. The second kappa shape index (κ2) is 6.23. The maximum Gasteiger partial charge on any atom is 0.238 e. The zero-order chi connectivity index (χ0) is 14.8. The number of aromatic nitrogens is 1. The molecule has 3 N–H and O–H groups in total. The molecule has 0 radical (unpaired) electrons. The molecule has 1 aliphatic carbocycles. The van der Waals surface area contributed by atoms with Crippen LogP contribution < -0.4 is 11.1 Å². The van der Waals surface area contributed by atoms with Crippen LogP contribution in [-0.4, -0.2) is 21.4 Å². The summed E-state index contributed by atoms with van der Waals surface area (Å²) in [6.07, 6.45) is 5.07. The Morgan fingerprint density at radius 1 is 1.48 bits per heavy atom. The van der Waals surface area contributed by atoms with Crippen molar-refractivity contribution in [3.63, 3.8) is 0 Å². The molecule has 112 valence electrons. The lowest BCUT2D eigenvalue weighted by atomic mass is 10.3. The van der Waals surface area contributed by atoms with E-state index in [-0.39, 0.29) is 11.2 Å². The molecule has 1 aromatic carbocycles. The largest absolute Gasteiger partial charge is 0.399 e. The van der Waals surface area contributed by atoms with Crippen LogP contribution in [0.3, 0.4) is 0 Å². The summed E-state index contributed by atoms with van der Waals surface area (Å²) in [4.78, 5) is 16.7. The van der Waals surface area contributed by atoms with Crippen molar-refractivity contribution >= 4 is 50.0 Å². The quantitative estimate of drug-likeness (QED) is 0.839. The minimum absolute atomic E-state index is 0.0369. The third-order valence-electron chi connectivity index (χ3n) is 3.71. The molecule has 0 aliphatic heterocycles. The normalized spacial score (nSPS) is 17.2. The van der Waals surface area contributed by atoms with Gasteiger partial charge < -0.3 is 11.1 Å². The number of rotatable bonds is 4. The molecular weight excluding hydrogens is 302 g/mol. The Bertz CT molecular complexity index is 649. The van der Waals surface area contributed by atoms with Gasteiger partial charge in [0.15, 0.2) is 5.13 Å². The van der Waals surface area contributed by atoms with Gasteiger partial charge in [0.25, 0.3) is 0 Å². The Morgan fingerprint density at radius 3 is 3.00 bits per heavy atom. The molecule has 1 fully saturated rings. The Labute approximate surface area is 132 Å². The second-order valence-electron chi connectivity index (χ2n) is 5.42. The average Bonchev–Trinajstić information content (AvgIpc) is 3.07. The molecule has 3 rings (SSSR count). The first kappa shape index (κ1) is 14.7. The van der Waals surface area contributed by atoms with E-state index in [1.807, 2.05) is 25.1 Å². The Hall–Kier alpha value is -1.27. The number of carbonyl (C=O) groups is 1. The monoisotopic (exact) mass is 321 g/mol. The van der Waals surface area contributed by atoms with Gasteiger partial charge in [-0.1, -0.05) is 24.2 Å². The van der Waals surface area contributed by atoms with Crippen LogP contribution in [0.1, 0.15) is 32.6 Å². The molecule has 6 heteroatoms. The van der Waals surface area contributed by atoms with Crippen molar-refractivity contribution in [1.29, 1.82) is 0 Å². The average molecular weight is 321 g/mol. The standard InChI is InChI=1S/C15H19N3OS2/c1-9(20-11-4-2-3-5-11)14(19)18-15-17-12-7-6-10(16)8-13(12)21-15/h6-9,11H,2-5,16H2,1H3,(H,17,18,19). The van der Waals surface area contributed by atoms with Crippen LogP contribution in [0.2, 0.25) is 0 Å². The number of fused-ring (bicyclic) bond motifs is 1. The molecule has 1 heterocycles. The summed E-state index contributed by atoms with van der Waals surface area (Å²) in [5.74, 6) is 0.0407. The third-order valence-corrected chi connectivity index (χ3v) is 6.12. The van der Waals surface area contributed by atoms with Crippen molar-refractivity contribution in [2.45, 2.75) is 43.1 Å². The lowest BCUT2D eigenvalue weighted by Gasteiger charge is -2.14. The molecule has 0 saturated heterocycles. The minimum atomic E-state index is -0.0369. The first-order chi connectivity index (χ1) is 10.1. The summed E-state index contributed by atoms with van der Waals surface area (Å²) in [7, 11) is 0. The molecule has 1 saturated carbocycles. The molecular formula is C15H19N3OS2. The topological polar surface area (TPSA) is 68.0 Å². The number of nitrogens with zero attached hydrogens (tertiary/aromatic N) is 1. The molecule has 1 aromatic heterocycles. The van der Waals surface area contributed by atoms with Crippen molar-refractivity contribution in [2.75, 3.05) is 11.1 Å². The van der Waals surface area contributed by atoms with Gasteiger partial charge in [-0.2, -0.15) is 0 Å². The fourth-order valence-electron chi connectivity index (χ4n) is 2.58. The Kier molecular flexibility index (Phi) is 4.35. The summed E-state index contributed by atoms with van der Waals surface area (Å²) in [6.45, 7) is 1.98. The SMILES string of the molecule is CC(SC1CCCC1)C(=O)Nc1nc2ccc(N)cc2s1. The molecule has 0 bridgehead atoms. The highest BCUT2D eigenvalue weighted by Gasteiger charge is 2.23. The zero-order valence-corrected chi connectivity index (χ0v) is 13.6. The van der Waals surface area contributed by atoms with Crippen LogP contribution in [0, 0.1) is 0 Å². The number of anilines is 2. The van der Waals surface area contributed by atoms with Gasteiger partial charge >= 0.3 is 0 Å². The summed E-state index contributed by atoms with van der Waals surface area (Å²) in [5, 5.41) is 4.19. The van der Waals surface area contributed by atoms with Gasteiger partial charge in [0, 0.05) is 10.9 Å². The van der Waals surface area contributed by atoms with Crippen molar-refractivity contribution < 1.29 is 4.79 Å². The van der Waals surface area contributed by atoms with E-state index in [0.717, 1.165) is 10.2 Å². The van der Waals surface area contributed by atoms with Crippen LogP contribution >= 0.6 is 23.1 Å². The van der Waals surface area contributed by atoms with E-state index < -0.39 is 0 Å². The number of benzene rings is 1. The van der Waals surface area contributed by atoms with Crippen LogP contribution in [0.5, 0.6) is 0 Å². The van der Waals surface area contributed by atoms with E-state index in [9.17, 15) is 4.79 Å². The number of nitrogens with two attached hydrogens (primary N) is 1. The first-order valence-electron chi connectivity index (χ1n) is 7.24. The van der Waals surface area contributed by atoms with Crippen molar-refractivity contribution in [3.05, 3.63) is 18.2 Å². The molecule has 4 nitrogen and oxygen atoms in total. The summed E-state index contributed by atoms with van der Waals surface area (Å²) in [6, 6.07) is 5.60. The highest BCUT2D eigenvalue weighted by Crippen LogP contribution is 2.33. The fraction of sp³-hybridized carbons (Fsp3) is 0.467. The zero-order valence-electron chi connectivity index (χ0n) is 12.0. The minimum Gasteiger partial charge on any atom is -0.399 e. The third kappa shape index (κ3) is 3.49. The summed E-state index contributed by atoms with van der Waals surface area (Å²) < 4.78 is 1.00. The number of nitrogens with one attached hydrogen (secondary N) is 1. The van der Waals surface area contributed by atoms with Crippen molar-refractivity contribution in [2.24, 2.45) is 0 Å². The van der Waals surface area contributed by atoms with Crippen LogP contribution in [0.15, 0.2) is 18.2 Å². The Balaban J connectivity index is 1.64. The molecule has 1 amide bonds. The lowest BCUT2D eigenvalue weighted by molar-refractivity contribution is -0.115. The van der Waals surface area contributed by atoms with E-state index in [2.05, 4.69) is 10.3 Å². The number of nitrogen functional groups attached to an aromatic ring is 1. The number of hydrogen-bond donors (Lipinski definition) is 2. The molecule has 1 unspecified atom stereocenters. The predicted octanol–water partition coefficient (Wildman–Crippen LogP) is 3.88. The van der Waals surface area contributed by atoms with Crippen molar-refractivity contribution in [3.8, 4) is 0 Å². The van der Waals surface area contributed by atoms with Gasteiger partial charge in [-0.25, -0.2) is 4.98 Å². The first-order valence-corrected chi connectivity index (χ1v) is 9.00. The van der Waals surface area contributed by atoms with E-state index in [1.165, 1.54) is 37.0 Å². The highest BCUT2D eigenvalue weighted by molar-refractivity contribution is 8.01. The molecule has 0 spiro atoms. The van der Waals surface area contributed by atoms with Crippen LogP contribution in [0.25, 0.3) is 10.2 Å². The number of thiazole rings is 1. The van der Waals surface area contributed by atoms with Crippen molar-refractivity contribution in [1.82, 2.24) is 4.98 Å². The molecule has 21 heavy (non-hydrogen) atoms. The molecule has 1 atom stereocenters. The second-order valence-corrected chi connectivity index (χ2v) is 8.10. The van der Waals surface area contributed by atoms with Gasteiger partial charge in [0.1, 0.15) is 0 Å². The highest BCUT2D eigenvalue weighted by atomic mass is 32.2. The summed E-state index contributed by atoms with van der Waals surface area (Å²) in [5.41, 5.74) is 7.35. The number of amides is 1. The lowest BCUT2D eigenvalue weighted by Crippen LogP contribution is -2.24. The van der Waals surface area contributed by atoms with Crippen LogP contribution in [0.4, 0.5) is 10.8 Å². The van der Waals surface area contributed by atoms with Gasteiger partial charge in [0.2, 0.25) is 5.91 Å². The Morgan fingerprint density at radius 2 is 2.24 bits per heavy atom. The van der Waals surface area contributed by atoms with Gasteiger partial charge in [0.05, 0.1) is 15.5 Å². The van der Waals surface area contributed by atoms with Crippen LogP contribution in [-0.2, 0) is 4.79 Å². The van der Waals surface area contributed by atoms with E-state index in [4.69, 9.17) is 5.73 Å². The van der Waals surface area contributed by atoms with E-state index in [0.29, 0.717) is 16.1 Å². The maximum absolute atomic E-state index is 12.3.